The monoisotopic (exact) mass is 269 g/mol. The van der Waals surface area contributed by atoms with Crippen molar-refractivity contribution in [3.8, 4) is 0 Å². The number of hydrazine groups is 1. The molecule has 1 aliphatic heterocycles. The molecule has 4 heteroatoms. The van der Waals surface area contributed by atoms with Crippen LogP contribution in [0.5, 0.6) is 0 Å². The summed E-state index contributed by atoms with van der Waals surface area (Å²) < 4.78 is 6.18. The summed E-state index contributed by atoms with van der Waals surface area (Å²) in [5.41, 5.74) is 3.26. The van der Waals surface area contributed by atoms with Gasteiger partial charge in [-0.25, -0.2) is 0 Å². The minimum atomic E-state index is 0.189. The lowest BCUT2D eigenvalue weighted by molar-refractivity contribution is -0.122. The molecule has 2 fully saturated rings. The Labute approximate surface area is 118 Å². The average molecular weight is 269 g/mol. The molecule has 2 unspecified atom stereocenters. The maximum atomic E-state index is 6.18. The van der Waals surface area contributed by atoms with E-state index >= 15 is 0 Å². The highest BCUT2D eigenvalue weighted by Gasteiger charge is 2.40. The summed E-state index contributed by atoms with van der Waals surface area (Å²) in [5, 5.41) is 0. The van der Waals surface area contributed by atoms with Crippen LogP contribution in [0.15, 0.2) is 0 Å². The van der Waals surface area contributed by atoms with Gasteiger partial charge in [-0.2, -0.15) is 0 Å². The van der Waals surface area contributed by atoms with Gasteiger partial charge in [0.2, 0.25) is 0 Å². The van der Waals surface area contributed by atoms with Gasteiger partial charge in [-0.15, -0.1) is 0 Å². The maximum Gasteiger partial charge on any atom is 0.0685 e. The zero-order valence-electron chi connectivity index (χ0n) is 12.7. The van der Waals surface area contributed by atoms with Crippen molar-refractivity contribution >= 4 is 0 Å². The number of ether oxygens (including phenoxy) is 1. The third kappa shape index (κ3) is 4.15. The van der Waals surface area contributed by atoms with Crippen molar-refractivity contribution in [3.05, 3.63) is 0 Å². The smallest absolute Gasteiger partial charge is 0.0685 e. The Morgan fingerprint density at radius 2 is 2.05 bits per heavy atom. The molecule has 0 amide bonds. The van der Waals surface area contributed by atoms with Crippen LogP contribution in [-0.4, -0.2) is 43.8 Å². The Morgan fingerprint density at radius 1 is 1.32 bits per heavy atom. The van der Waals surface area contributed by atoms with E-state index in [9.17, 15) is 0 Å². The molecule has 0 bridgehead atoms. The molecule has 1 saturated heterocycles. The zero-order chi connectivity index (χ0) is 13.7. The van der Waals surface area contributed by atoms with Gasteiger partial charge in [0.25, 0.3) is 0 Å². The van der Waals surface area contributed by atoms with Gasteiger partial charge in [0.1, 0.15) is 0 Å². The Kier molecular flexibility index (Phi) is 5.63. The summed E-state index contributed by atoms with van der Waals surface area (Å²) in [6, 6.07) is 0.435. The first-order valence-electron chi connectivity index (χ1n) is 7.90. The normalized spacial score (nSPS) is 28.7. The van der Waals surface area contributed by atoms with E-state index in [0.29, 0.717) is 12.0 Å². The maximum absolute atomic E-state index is 6.18. The molecule has 2 atom stereocenters. The Hall–Kier alpha value is -0.160. The van der Waals surface area contributed by atoms with Gasteiger partial charge in [-0.3, -0.25) is 11.3 Å². The van der Waals surface area contributed by atoms with Gasteiger partial charge in [-0.05, 0) is 58.7 Å². The van der Waals surface area contributed by atoms with Crippen molar-refractivity contribution in [1.82, 2.24) is 10.3 Å². The molecule has 2 aliphatic rings. The van der Waals surface area contributed by atoms with Crippen molar-refractivity contribution < 1.29 is 4.74 Å². The number of nitrogens with one attached hydrogen (secondary N) is 1. The minimum Gasteiger partial charge on any atom is -0.375 e. The van der Waals surface area contributed by atoms with Crippen LogP contribution in [0.2, 0.25) is 0 Å². The quantitative estimate of drug-likeness (QED) is 0.591. The fourth-order valence-corrected chi connectivity index (χ4v) is 3.81. The third-order valence-corrected chi connectivity index (χ3v) is 4.97. The van der Waals surface area contributed by atoms with Gasteiger partial charge in [0.15, 0.2) is 0 Å². The van der Waals surface area contributed by atoms with Crippen molar-refractivity contribution in [2.24, 2.45) is 11.8 Å². The molecule has 19 heavy (non-hydrogen) atoms. The van der Waals surface area contributed by atoms with Crippen LogP contribution >= 0.6 is 0 Å². The molecule has 0 radical (unpaired) electrons. The largest absolute Gasteiger partial charge is 0.375 e. The molecule has 1 aliphatic carbocycles. The fraction of sp³-hybridized carbons (Fsp3) is 1.00. The molecule has 3 N–H and O–H groups in total. The summed E-state index contributed by atoms with van der Waals surface area (Å²) in [5.74, 6) is 6.48. The molecule has 0 aromatic heterocycles. The van der Waals surface area contributed by atoms with Crippen LogP contribution in [0.3, 0.4) is 0 Å². The van der Waals surface area contributed by atoms with E-state index in [2.05, 4.69) is 24.4 Å². The summed E-state index contributed by atoms with van der Waals surface area (Å²) in [7, 11) is 4.25. The summed E-state index contributed by atoms with van der Waals surface area (Å²) in [6.07, 6.45) is 10.1. The first-order chi connectivity index (χ1) is 9.15. The van der Waals surface area contributed by atoms with Crippen molar-refractivity contribution in [2.45, 2.75) is 63.0 Å². The standard InChI is InChI=1S/C15H31N3O/c1-18(2)10-6-14(17-16)13-7-11-19-15(12-13)8-4-3-5-9-15/h13-14,17H,3-12,16H2,1-2H3. The molecule has 0 aromatic carbocycles. The lowest BCUT2D eigenvalue weighted by atomic mass is 9.73. The summed E-state index contributed by atoms with van der Waals surface area (Å²) in [6.45, 7) is 2.02. The predicted octanol–water partition coefficient (Wildman–Crippen LogP) is 1.90. The minimum absolute atomic E-state index is 0.189. The van der Waals surface area contributed by atoms with Crippen LogP contribution < -0.4 is 11.3 Å². The van der Waals surface area contributed by atoms with E-state index in [-0.39, 0.29) is 5.60 Å². The van der Waals surface area contributed by atoms with Gasteiger partial charge in [0, 0.05) is 12.6 Å². The molecule has 2 rings (SSSR count). The molecule has 1 heterocycles. The predicted molar refractivity (Wildman–Crippen MR) is 78.8 cm³/mol. The lowest BCUT2D eigenvalue weighted by Crippen LogP contribution is -2.50. The first-order valence-corrected chi connectivity index (χ1v) is 7.90. The van der Waals surface area contributed by atoms with Crippen LogP contribution in [0, 0.1) is 5.92 Å². The van der Waals surface area contributed by atoms with Gasteiger partial charge < -0.3 is 9.64 Å². The topological polar surface area (TPSA) is 50.5 Å². The number of hydrogen-bond acceptors (Lipinski definition) is 4. The lowest BCUT2D eigenvalue weighted by Gasteiger charge is -2.45. The van der Waals surface area contributed by atoms with Crippen LogP contribution in [0.1, 0.15) is 51.4 Å². The zero-order valence-corrected chi connectivity index (χ0v) is 12.7. The number of rotatable bonds is 5. The number of nitrogens with zero attached hydrogens (tertiary/aromatic N) is 1. The Bertz CT molecular complexity index is 259. The van der Waals surface area contributed by atoms with Crippen LogP contribution in [-0.2, 0) is 4.74 Å². The molecule has 4 nitrogen and oxygen atoms in total. The number of nitrogens with two attached hydrogens (primary N) is 1. The van der Waals surface area contributed by atoms with Gasteiger partial charge in [-0.1, -0.05) is 19.3 Å². The van der Waals surface area contributed by atoms with E-state index in [1.165, 1.54) is 38.5 Å². The second-order valence-electron chi connectivity index (χ2n) is 6.71. The summed E-state index contributed by atoms with van der Waals surface area (Å²) >= 11 is 0. The van der Waals surface area contributed by atoms with E-state index in [1.54, 1.807) is 0 Å². The second kappa shape index (κ2) is 7.02. The van der Waals surface area contributed by atoms with Gasteiger partial charge >= 0.3 is 0 Å². The van der Waals surface area contributed by atoms with Gasteiger partial charge in [0.05, 0.1) is 5.60 Å². The Morgan fingerprint density at radius 3 is 2.68 bits per heavy atom. The molecular formula is C15H31N3O. The molecular weight excluding hydrogens is 238 g/mol. The first kappa shape index (κ1) is 15.2. The van der Waals surface area contributed by atoms with Crippen molar-refractivity contribution in [1.29, 1.82) is 0 Å². The van der Waals surface area contributed by atoms with E-state index in [0.717, 1.165) is 26.0 Å². The summed E-state index contributed by atoms with van der Waals surface area (Å²) in [4.78, 5) is 2.24. The van der Waals surface area contributed by atoms with E-state index in [4.69, 9.17) is 10.6 Å². The highest BCUT2D eigenvalue weighted by Crippen LogP contribution is 2.41. The average Bonchev–Trinajstić information content (AvgIpc) is 2.40. The van der Waals surface area contributed by atoms with Crippen molar-refractivity contribution in [2.75, 3.05) is 27.2 Å². The fourth-order valence-electron chi connectivity index (χ4n) is 3.81. The highest BCUT2D eigenvalue weighted by atomic mass is 16.5. The van der Waals surface area contributed by atoms with Crippen molar-refractivity contribution in [3.63, 3.8) is 0 Å². The SMILES string of the molecule is CN(C)CCC(NN)C1CCOC2(CCCCC2)C1. The Balaban J connectivity index is 1.90. The highest BCUT2D eigenvalue weighted by molar-refractivity contribution is 4.92. The van der Waals surface area contributed by atoms with Crippen LogP contribution in [0.4, 0.5) is 0 Å². The molecule has 0 aromatic rings. The van der Waals surface area contributed by atoms with E-state index < -0.39 is 0 Å². The number of hydrogen-bond donors (Lipinski definition) is 2. The third-order valence-electron chi connectivity index (χ3n) is 4.97. The second-order valence-corrected chi connectivity index (χ2v) is 6.71. The molecule has 1 saturated carbocycles. The molecule has 112 valence electrons. The van der Waals surface area contributed by atoms with E-state index in [1.807, 2.05) is 0 Å². The van der Waals surface area contributed by atoms with Crippen LogP contribution in [0.25, 0.3) is 0 Å². The molecule has 1 spiro atoms.